The molecule has 1 N–H and O–H groups in total. The molecule has 0 amide bonds. The number of aromatic nitrogens is 1. The molecule has 0 aromatic carbocycles. The Morgan fingerprint density at radius 2 is 2.29 bits per heavy atom. The summed E-state index contributed by atoms with van der Waals surface area (Å²) in [6.07, 6.45) is 1.55. The van der Waals surface area contributed by atoms with Crippen LogP contribution in [0.5, 0.6) is 11.6 Å². The van der Waals surface area contributed by atoms with Crippen molar-refractivity contribution in [1.29, 1.82) is 0 Å². The van der Waals surface area contributed by atoms with Crippen LogP contribution in [0.4, 0.5) is 0 Å². The van der Waals surface area contributed by atoms with Gasteiger partial charge < -0.3 is 9.84 Å². The van der Waals surface area contributed by atoms with E-state index >= 15 is 0 Å². The van der Waals surface area contributed by atoms with Gasteiger partial charge in [0, 0.05) is 22.1 Å². The van der Waals surface area contributed by atoms with Crippen molar-refractivity contribution in [3.05, 3.63) is 38.1 Å². The molecule has 4 nitrogen and oxygen atoms in total. The third-order valence-electron chi connectivity index (χ3n) is 1.77. The summed E-state index contributed by atoms with van der Waals surface area (Å²) in [6, 6.07) is 3.07. The third kappa shape index (κ3) is 2.96. The average molecular weight is 335 g/mol. The molecule has 0 atom stereocenters. The molecule has 0 fully saturated rings. The van der Waals surface area contributed by atoms with Crippen LogP contribution in [0, 0.1) is 0 Å². The third-order valence-corrected chi connectivity index (χ3v) is 3.38. The molecule has 7 heteroatoms. The van der Waals surface area contributed by atoms with Crippen molar-refractivity contribution in [2.75, 3.05) is 0 Å². The fraction of sp³-hybridized carbons (Fsp3) is 0. The molecule has 0 aliphatic heterocycles. The highest BCUT2D eigenvalue weighted by Crippen LogP contribution is 2.31. The lowest BCUT2D eigenvalue weighted by molar-refractivity contribution is 0.0702. The molecule has 0 saturated heterocycles. The minimum atomic E-state index is -0.986. The molecule has 17 heavy (non-hydrogen) atoms. The summed E-state index contributed by atoms with van der Waals surface area (Å²) in [6.45, 7) is 0. The molecule has 2 rings (SSSR count). The molecule has 0 aliphatic rings. The van der Waals surface area contributed by atoms with Crippen molar-refractivity contribution in [1.82, 2.24) is 4.98 Å². The van der Waals surface area contributed by atoms with E-state index in [2.05, 4.69) is 20.9 Å². The second kappa shape index (κ2) is 5.03. The van der Waals surface area contributed by atoms with E-state index in [9.17, 15) is 4.79 Å². The predicted molar refractivity (Wildman–Crippen MR) is 68.3 cm³/mol. The van der Waals surface area contributed by atoms with Gasteiger partial charge in [0.25, 0.3) is 0 Å². The number of carboxylic acids is 1. The molecule has 2 aromatic rings. The van der Waals surface area contributed by atoms with Crippen molar-refractivity contribution in [2.24, 2.45) is 0 Å². The number of pyridine rings is 1. The van der Waals surface area contributed by atoms with Gasteiger partial charge in [-0.3, -0.25) is 0 Å². The topological polar surface area (TPSA) is 59.4 Å². The van der Waals surface area contributed by atoms with Crippen LogP contribution in [0.3, 0.4) is 0 Å². The number of hydrogen-bond acceptors (Lipinski definition) is 4. The van der Waals surface area contributed by atoms with E-state index in [1.54, 1.807) is 17.6 Å². The maximum Gasteiger partial charge on any atom is 0.346 e. The van der Waals surface area contributed by atoms with Gasteiger partial charge in [-0.25, -0.2) is 9.78 Å². The van der Waals surface area contributed by atoms with Crippen molar-refractivity contribution in [3.63, 3.8) is 0 Å². The monoisotopic (exact) mass is 333 g/mol. The maximum atomic E-state index is 10.7. The molecule has 0 saturated carbocycles. The lowest BCUT2D eigenvalue weighted by Gasteiger charge is -2.03. The summed E-state index contributed by atoms with van der Waals surface area (Å²) in [5, 5.41) is 10.7. The van der Waals surface area contributed by atoms with E-state index < -0.39 is 5.97 Å². The van der Waals surface area contributed by atoms with Crippen molar-refractivity contribution >= 4 is 44.8 Å². The van der Waals surface area contributed by atoms with E-state index in [1.807, 2.05) is 0 Å². The van der Waals surface area contributed by atoms with Gasteiger partial charge in [0.05, 0.1) is 0 Å². The molecular weight excluding hydrogens is 330 g/mol. The summed E-state index contributed by atoms with van der Waals surface area (Å²) in [5.41, 5.74) is 0. The van der Waals surface area contributed by atoms with Crippen molar-refractivity contribution in [2.45, 2.75) is 0 Å². The predicted octanol–water partition coefficient (Wildman–Crippen LogP) is 4.05. The number of halogens is 2. The Labute approximate surface area is 114 Å². The van der Waals surface area contributed by atoms with Crippen LogP contribution in [0.15, 0.2) is 28.2 Å². The van der Waals surface area contributed by atoms with Crippen LogP contribution in [0.25, 0.3) is 0 Å². The minimum absolute atomic E-state index is 0.202. The Morgan fingerprint density at radius 1 is 1.53 bits per heavy atom. The van der Waals surface area contributed by atoms with Gasteiger partial charge in [-0.2, -0.15) is 0 Å². The Hall–Kier alpha value is -1.11. The van der Waals surface area contributed by atoms with Crippen LogP contribution in [-0.4, -0.2) is 16.1 Å². The summed E-state index contributed by atoms with van der Waals surface area (Å²) >= 11 is 10.2. The quantitative estimate of drug-likeness (QED) is 0.920. The van der Waals surface area contributed by atoms with Gasteiger partial charge in [0.2, 0.25) is 5.88 Å². The number of hydrogen-bond donors (Lipinski definition) is 1. The zero-order valence-electron chi connectivity index (χ0n) is 8.18. The summed E-state index contributed by atoms with van der Waals surface area (Å²) in [4.78, 5) is 14.9. The van der Waals surface area contributed by atoms with E-state index in [0.717, 1.165) is 15.8 Å². The highest BCUT2D eigenvalue weighted by atomic mass is 79.9. The molecule has 2 heterocycles. The van der Waals surface area contributed by atoms with Gasteiger partial charge in [-0.1, -0.05) is 11.6 Å². The zero-order chi connectivity index (χ0) is 12.4. The van der Waals surface area contributed by atoms with E-state index in [0.29, 0.717) is 10.8 Å². The molecule has 0 aliphatic carbocycles. The molecule has 0 radical (unpaired) electrons. The summed E-state index contributed by atoms with van der Waals surface area (Å²) in [5.74, 6) is -0.339. The van der Waals surface area contributed by atoms with Crippen molar-refractivity contribution in [3.8, 4) is 11.6 Å². The molecule has 0 bridgehead atoms. The molecule has 0 spiro atoms. The highest BCUT2D eigenvalue weighted by molar-refractivity contribution is 9.10. The normalized spacial score (nSPS) is 10.2. The number of ether oxygens (including phenoxy) is 1. The Bertz CT molecular complexity index is 572. The smallest absolute Gasteiger partial charge is 0.346 e. The molecule has 2 aromatic heterocycles. The average Bonchev–Trinajstić information content (AvgIpc) is 2.71. The lowest BCUT2D eigenvalue weighted by Crippen LogP contribution is -1.91. The lowest BCUT2D eigenvalue weighted by atomic mass is 10.4. The first-order chi connectivity index (χ1) is 8.06. The van der Waals surface area contributed by atoms with Gasteiger partial charge >= 0.3 is 5.97 Å². The largest absolute Gasteiger partial charge is 0.477 e. The number of thiophene rings is 1. The summed E-state index contributed by atoms with van der Waals surface area (Å²) in [7, 11) is 0. The molecule has 88 valence electrons. The minimum Gasteiger partial charge on any atom is -0.477 e. The van der Waals surface area contributed by atoms with Crippen LogP contribution in [-0.2, 0) is 0 Å². The number of rotatable bonds is 3. The van der Waals surface area contributed by atoms with Crippen molar-refractivity contribution < 1.29 is 14.6 Å². The molecule has 0 unspecified atom stereocenters. The maximum absolute atomic E-state index is 10.7. The van der Waals surface area contributed by atoms with Crippen LogP contribution in [0.1, 0.15) is 9.67 Å². The van der Waals surface area contributed by atoms with Gasteiger partial charge in [0.15, 0.2) is 0 Å². The standard InChI is InChI=1S/C10H5BrClNO3S/c11-5-1-7(12)9(13-3-5)16-6-2-8(10(14)15)17-4-6/h1-4H,(H,14,15). The van der Waals surface area contributed by atoms with Gasteiger partial charge in [-0.15, -0.1) is 11.3 Å². The van der Waals surface area contributed by atoms with Crippen LogP contribution in [0.2, 0.25) is 5.02 Å². The Morgan fingerprint density at radius 3 is 2.88 bits per heavy atom. The number of carboxylic acid groups (broad SMARTS) is 1. The highest BCUT2D eigenvalue weighted by Gasteiger charge is 2.10. The van der Waals surface area contributed by atoms with E-state index in [1.165, 1.54) is 6.07 Å². The fourth-order valence-corrected chi connectivity index (χ4v) is 2.39. The van der Waals surface area contributed by atoms with Crippen LogP contribution >= 0.6 is 38.9 Å². The first kappa shape index (κ1) is 12.3. The second-order valence-corrected chi connectivity index (χ2v) is 5.23. The molecular formula is C10H5BrClNO3S. The second-order valence-electron chi connectivity index (χ2n) is 2.99. The fourth-order valence-electron chi connectivity index (χ4n) is 1.07. The van der Waals surface area contributed by atoms with Gasteiger partial charge in [-0.05, 0) is 22.0 Å². The Kier molecular flexibility index (Phi) is 3.66. The number of aromatic carboxylic acids is 1. The first-order valence-corrected chi connectivity index (χ1v) is 6.42. The van der Waals surface area contributed by atoms with E-state index in [4.69, 9.17) is 21.4 Å². The van der Waals surface area contributed by atoms with Gasteiger partial charge in [0.1, 0.15) is 15.6 Å². The SMILES string of the molecule is O=C(O)c1cc(Oc2ncc(Br)cc2Cl)cs1. The summed E-state index contributed by atoms with van der Waals surface area (Å²) < 4.78 is 6.12. The zero-order valence-corrected chi connectivity index (χ0v) is 11.3. The number of carbonyl (C=O) groups is 1. The number of nitrogens with zero attached hydrogens (tertiary/aromatic N) is 1. The van der Waals surface area contributed by atoms with E-state index in [-0.39, 0.29) is 10.8 Å². The van der Waals surface area contributed by atoms with Crippen LogP contribution < -0.4 is 4.74 Å². The first-order valence-electron chi connectivity index (χ1n) is 4.37. The Balaban J connectivity index is 2.22.